The predicted octanol–water partition coefficient (Wildman–Crippen LogP) is 4.18. The van der Waals surface area contributed by atoms with Crippen molar-refractivity contribution in [3.8, 4) is 11.5 Å². The Balaban J connectivity index is 2.00. The molecule has 0 fully saturated rings. The molecule has 2 aromatic carbocycles. The molecule has 0 aliphatic carbocycles. The highest BCUT2D eigenvalue weighted by atomic mass is 35.5. The van der Waals surface area contributed by atoms with Gasteiger partial charge in [0.05, 0.1) is 18.7 Å². The summed E-state index contributed by atoms with van der Waals surface area (Å²) >= 11 is 6.23. The molecule has 0 amide bonds. The Hall–Kier alpha value is -1.78. The lowest BCUT2D eigenvalue weighted by atomic mass is 10.2. The molecule has 3 nitrogen and oxygen atoms in total. The van der Waals surface area contributed by atoms with Crippen LogP contribution in [0.2, 0.25) is 5.02 Å². The first-order chi connectivity index (χ1) is 10.6. The van der Waals surface area contributed by atoms with Gasteiger partial charge in [0.2, 0.25) is 0 Å². The minimum absolute atomic E-state index is 0.230. The van der Waals surface area contributed by atoms with Gasteiger partial charge in [0, 0.05) is 13.1 Å². The van der Waals surface area contributed by atoms with Gasteiger partial charge in [-0.15, -0.1) is 0 Å². The van der Waals surface area contributed by atoms with E-state index in [0.717, 1.165) is 11.1 Å². The van der Waals surface area contributed by atoms with Crippen molar-refractivity contribution in [2.45, 2.75) is 20.0 Å². The van der Waals surface area contributed by atoms with E-state index in [1.165, 1.54) is 12.1 Å². The van der Waals surface area contributed by atoms with Gasteiger partial charge in [-0.3, -0.25) is 0 Å². The molecule has 22 heavy (non-hydrogen) atoms. The molecular formula is C17H19ClFNO2. The fourth-order valence-corrected chi connectivity index (χ4v) is 2.40. The third-order valence-corrected chi connectivity index (χ3v) is 3.43. The summed E-state index contributed by atoms with van der Waals surface area (Å²) in [5.74, 6) is 0.952. The van der Waals surface area contributed by atoms with E-state index < -0.39 is 0 Å². The van der Waals surface area contributed by atoms with Crippen LogP contribution in [0.25, 0.3) is 0 Å². The average molecular weight is 324 g/mol. The molecule has 0 spiro atoms. The fourth-order valence-electron chi connectivity index (χ4n) is 2.11. The Bertz CT molecular complexity index is 617. The molecule has 2 aromatic rings. The van der Waals surface area contributed by atoms with Gasteiger partial charge in [0.25, 0.3) is 0 Å². The van der Waals surface area contributed by atoms with E-state index in [9.17, 15) is 4.39 Å². The smallest absolute Gasteiger partial charge is 0.179 e. The van der Waals surface area contributed by atoms with Gasteiger partial charge in [-0.2, -0.15) is 0 Å². The van der Waals surface area contributed by atoms with E-state index in [0.29, 0.717) is 36.2 Å². The van der Waals surface area contributed by atoms with Crippen LogP contribution < -0.4 is 14.8 Å². The standard InChI is InChI=1S/C17H19ClFNO2/c1-3-22-17-15(18)8-13(9-16(17)21-2)11-20-10-12-4-6-14(19)7-5-12/h4-9,20H,3,10-11H2,1-2H3. The first kappa shape index (κ1) is 16.6. The highest BCUT2D eigenvalue weighted by molar-refractivity contribution is 6.32. The van der Waals surface area contributed by atoms with Crippen LogP contribution in [-0.4, -0.2) is 13.7 Å². The van der Waals surface area contributed by atoms with E-state index in [4.69, 9.17) is 21.1 Å². The normalized spacial score (nSPS) is 10.5. The molecule has 0 aliphatic rings. The van der Waals surface area contributed by atoms with Crippen LogP contribution in [0.1, 0.15) is 18.1 Å². The molecule has 0 aromatic heterocycles. The highest BCUT2D eigenvalue weighted by Crippen LogP contribution is 2.36. The molecule has 0 saturated heterocycles. The maximum Gasteiger partial charge on any atom is 0.179 e. The van der Waals surface area contributed by atoms with Crippen molar-refractivity contribution in [1.29, 1.82) is 0 Å². The SMILES string of the molecule is CCOc1c(Cl)cc(CNCc2ccc(F)cc2)cc1OC. The number of ether oxygens (including phenoxy) is 2. The molecule has 0 bridgehead atoms. The number of methoxy groups -OCH3 is 1. The molecular weight excluding hydrogens is 305 g/mol. The first-order valence-corrected chi connectivity index (χ1v) is 7.46. The van der Waals surface area contributed by atoms with Crippen molar-refractivity contribution in [3.05, 3.63) is 58.4 Å². The third-order valence-electron chi connectivity index (χ3n) is 3.15. The lowest BCUT2D eigenvalue weighted by molar-refractivity contribution is 0.311. The fraction of sp³-hybridized carbons (Fsp3) is 0.294. The van der Waals surface area contributed by atoms with Crippen molar-refractivity contribution in [3.63, 3.8) is 0 Å². The summed E-state index contributed by atoms with van der Waals surface area (Å²) in [6, 6.07) is 10.2. The third kappa shape index (κ3) is 4.36. The van der Waals surface area contributed by atoms with E-state index in [1.807, 2.05) is 19.1 Å². The second-order valence-electron chi connectivity index (χ2n) is 4.77. The Morgan fingerprint density at radius 3 is 2.41 bits per heavy atom. The number of halogens is 2. The number of rotatable bonds is 7. The van der Waals surface area contributed by atoms with Gasteiger partial charge in [0.1, 0.15) is 5.82 Å². The van der Waals surface area contributed by atoms with Crippen LogP contribution in [0, 0.1) is 5.82 Å². The van der Waals surface area contributed by atoms with Crippen LogP contribution in [0.15, 0.2) is 36.4 Å². The molecule has 118 valence electrons. The largest absolute Gasteiger partial charge is 0.493 e. The molecule has 0 aliphatic heterocycles. The monoisotopic (exact) mass is 323 g/mol. The summed E-state index contributed by atoms with van der Waals surface area (Å²) in [7, 11) is 1.59. The van der Waals surface area contributed by atoms with Gasteiger partial charge in [-0.25, -0.2) is 4.39 Å². The summed E-state index contributed by atoms with van der Waals surface area (Å²) < 4.78 is 23.6. The van der Waals surface area contributed by atoms with Crippen molar-refractivity contribution < 1.29 is 13.9 Å². The number of hydrogen-bond acceptors (Lipinski definition) is 3. The lowest BCUT2D eigenvalue weighted by Gasteiger charge is -2.13. The molecule has 5 heteroatoms. The quantitative estimate of drug-likeness (QED) is 0.829. The van der Waals surface area contributed by atoms with Gasteiger partial charge in [-0.1, -0.05) is 23.7 Å². The van der Waals surface area contributed by atoms with Gasteiger partial charge in [-0.05, 0) is 42.3 Å². The lowest BCUT2D eigenvalue weighted by Crippen LogP contribution is -2.13. The molecule has 2 rings (SSSR count). The van der Waals surface area contributed by atoms with Crippen LogP contribution in [-0.2, 0) is 13.1 Å². The van der Waals surface area contributed by atoms with E-state index in [1.54, 1.807) is 19.2 Å². The maximum absolute atomic E-state index is 12.8. The molecule has 0 radical (unpaired) electrons. The topological polar surface area (TPSA) is 30.5 Å². The van der Waals surface area contributed by atoms with Crippen molar-refractivity contribution in [2.24, 2.45) is 0 Å². The van der Waals surface area contributed by atoms with Gasteiger partial charge >= 0.3 is 0 Å². The van der Waals surface area contributed by atoms with Gasteiger partial charge in [0.15, 0.2) is 11.5 Å². The Morgan fingerprint density at radius 1 is 1.09 bits per heavy atom. The van der Waals surface area contributed by atoms with Gasteiger partial charge < -0.3 is 14.8 Å². The Morgan fingerprint density at radius 2 is 1.77 bits per heavy atom. The minimum Gasteiger partial charge on any atom is -0.493 e. The number of benzene rings is 2. The van der Waals surface area contributed by atoms with Crippen LogP contribution in [0.4, 0.5) is 4.39 Å². The average Bonchev–Trinajstić information content (AvgIpc) is 2.51. The van der Waals surface area contributed by atoms with Crippen LogP contribution in [0.5, 0.6) is 11.5 Å². The number of nitrogens with one attached hydrogen (secondary N) is 1. The summed E-state index contributed by atoms with van der Waals surface area (Å²) in [5, 5.41) is 3.82. The number of hydrogen-bond donors (Lipinski definition) is 1. The summed E-state index contributed by atoms with van der Waals surface area (Å²) in [4.78, 5) is 0. The van der Waals surface area contributed by atoms with E-state index in [2.05, 4.69) is 5.32 Å². The molecule has 0 heterocycles. The summed E-state index contributed by atoms with van der Waals surface area (Å²) in [5.41, 5.74) is 2.01. The van der Waals surface area contributed by atoms with E-state index in [-0.39, 0.29) is 5.82 Å². The zero-order valence-electron chi connectivity index (χ0n) is 12.7. The minimum atomic E-state index is -0.230. The highest BCUT2D eigenvalue weighted by Gasteiger charge is 2.11. The molecule has 0 unspecified atom stereocenters. The van der Waals surface area contributed by atoms with Crippen molar-refractivity contribution in [2.75, 3.05) is 13.7 Å². The second kappa shape index (κ2) is 8.01. The summed E-state index contributed by atoms with van der Waals surface area (Å²) in [6.45, 7) is 3.69. The first-order valence-electron chi connectivity index (χ1n) is 7.08. The zero-order valence-corrected chi connectivity index (χ0v) is 13.4. The molecule has 1 N–H and O–H groups in total. The summed E-state index contributed by atoms with van der Waals surface area (Å²) in [6.07, 6.45) is 0. The van der Waals surface area contributed by atoms with Crippen molar-refractivity contribution in [1.82, 2.24) is 5.32 Å². The Kier molecular flexibility index (Phi) is 6.04. The van der Waals surface area contributed by atoms with Crippen LogP contribution in [0.3, 0.4) is 0 Å². The zero-order chi connectivity index (χ0) is 15.9. The molecule has 0 atom stereocenters. The Labute approximate surface area is 135 Å². The van der Waals surface area contributed by atoms with Crippen molar-refractivity contribution >= 4 is 11.6 Å². The predicted molar refractivity (Wildman–Crippen MR) is 86.1 cm³/mol. The molecule has 0 saturated carbocycles. The maximum atomic E-state index is 12.8. The second-order valence-corrected chi connectivity index (χ2v) is 5.18. The van der Waals surface area contributed by atoms with E-state index >= 15 is 0 Å². The van der Waals surface area contributed by atoms with Crippen LogP contribution >= 0.6 is 11.6 Å².